The molecular formula is C34H70O14. The van der Waals surface area contributed by atoms with Gasteiger partial charge in [-0.2, -0.15) is 0 Å². The Bertz CT molecular complexity index is 626. The zero-order valence-corrected chi connectivity index (χ0v) is 29.4. The Morgan fingerprint density at radius 3 is 0.646 bits per heavy atom. The van der Waals surface area contributed by atoms with Crippen LogP contribution in [0.25, 0.3) is 0 Å². The summed E-state index contributed by atoms with van der Waals surface area (Å²) in [5.41, 5.74) is -2.22. The lowest BCUT2D eigenvalue weighted by atomic mass is 9.93. The predicted molar refractivity (Wildman–Crippen MR) is 182 cm³/mol. The lowest BCUT2D eigenvalue weighted by Crippen LogP contribution is -2.37. The van der Waals surface area contributed by atoms with E-state index < -0.39 is 81.6 Å². The Balaban J connectivity index is -0.000000292. The number of aliphatic carboxylic acids is 3. The van der Waals surface area contributed by atoms with E-state index >= 15 is 0 Å². The van der Waals surface area contributed by atoms with Crippen molar-refractivity contribution in [3.63, 3.8) is 0 Å². The molecule has 11 N–H and O–H groups in total. The van der Waals surface area contributed by atoms with Crippen molar-refractivity contribution in [2.24, 2.45) is 10.8 Å². The highest BCUT2D eigenvalue weighted by atomic mass is 16.4. The van der Waals surface area contributed by atoms with Crippen molar-refractivity contribution >= 4 is 17.9 Å². The Hall–Kier alpha value is -1.91. The molecule has 290 valence electrons. The molecule has 0 aliphatic carbocycles. The quantitative estimate of drug-likeness (QED) is 0.0500. The highest BCUT2D eigenvalue weighted by Gasteiger charge is 2.27. The number of rotatable bonds is 29. The molecule has 0 amide bonds. The molecule has 0 aliphatic rings. The minimum atomic E-state index is -1.11. The van der Waals surface area contributed by atoms with Crippen molar-refractivity contribution in [2.45, 2.75) is 135 Å². The molecule has 0 saturated carbocycles. The van der Waals surface area contributed by atoms with E-state index in [4.69, 9.17) is 56.2 Å². The van der Waals surface area contributed by atoms with Gasteiger partial charge in [-0.25, -0.2) is 0 Å². The molecule has 0 saturated heterocycles. The second kappa shape index (κ2) is 39.5. The first-order chi connectivity index (χ1) is 22.9. The van der Waals surface area contributed by atoms with Gasteiger partial charge >= 0.3 is 17.9 Å². The molecule has 14 nitrogen and oxygen atoms in total. The minimum Gasteiger partial charge on any atom is -0.481 e. The van der Waals surface area contributed by atoms with E-state index in [1.54, 1.807) is 0 Å². The molecule has 0 spiro atoms. The summed E-state index contributed by atoms with van der Waals surface area (Å²) < 4.78 is 0. The van der Waals surface area contributed by atoms with Crippen LogP contribution in [-0.4, -0.2) is 127 Å². The monoisotopic (exact) mass is 702 g/mol. The number of carbonyl (C=O) groups is 3. The van der Waals surface area contributed by atoms with E-state index in [2.05, 4.69) is 6.92 Å². The fraction of sp³-hybridized carbons (Fsp3) is 0.912. The summed E-state index contributed by atoms with van der Waals surface area (Å²) in [7, 11) is 0. The van der Waals surface area contributed by atoms with E-state index in [-0.39, 0.29) is 12.8 Å². The van der Waals surface area contributed by atoms with E-state index in [0.29, 0.717) is 19.3 Å². The van der Waals surface area contributed by atoms with Crippen molar-refractivity contribution in [1.82, 2.24) is 0 Å². The van der Waals surface area contributed by atoms with Crippen molar-refractivity contribution in [1.29, 1.82) is 0 Å². The van der Waals surface area contributed by atoms with Gasteiger partial charge in [-0.15, -0.1) is 0 Å². The summed E-state index contributed by atoms with van der Waals surface area (Å²) in [6.07, 6.45) is 21.2. The summed E-state index contributed by atoms with van der Waals surface area (Å²) in [6, 6.07) is 0. The van der Waals surface area contributed by atoms with Crippen LogP contribution in [-0.2, 0) is 14.4 Å². The first-order valence-electron chi connectivity index (χ1n) is 17.4. The van der Waals surface area contributed by atoms with Gasteiger partial charge in [0, 0.05) is 19.3 Å². The maximum absolute atomic E-state index is 10.3. The Kier molecular flexibility index (Phi) is 43.6. The third kappa shape index (κ3) is 38.5. The summed E-state index contributed by atoms with van der Waals surface area (Å²) in [6.45, 7) is -0.980. The first-order valence-corrected chi connectivity index (χ1v) is 17.4. The van der Waals surface area contributed by atoms with Crippen molar-refractivity contribution in [2.75, 3.05) is 52.9 Å². The van der Waals surface area contributed by atoms with Gasteiger partial charge in [-0.3, -0.25) is 14.4 Å². The van der Waals surface area contributed by atoms with E-state index in [9.17, 15) is 14.4 Å². The maximum Gasteiger partial charge on any atom is 0.303 e. The van der Waals surface area contributed by atoms with Crippen molar-refractivity contribution in [3.8, 4) is 0 Å². The van der Waals surface area contributed by atoms with Gasteiger partial charge in [0.2, 0.25) is 0 Å². The number of aliphatic hydroxyl groups excluding tert-OH is 8. The SMILES string of the molecule is CCCCCCCCCCCCCCCCCC(=O)O.O=C(O)CCCCC(=O)O.OCC(CO)(CO)CO.OCC(CO)(CO)CO. The third-order valence-electron chi connectivity index (χ3n) is 7.71. The van der Waals surface area contributed by atoms with Crippen LogP contribution in [0.15, 0.2) is 0 Å². The number of hydrogen-bond acceptors (Lipinski definition) is 11. The van der Waals surface area contributed by atoms with Crippen LogP contribution >= 0.6 is 0 Å². The van der Waals surface area contributed by atoms with E-state index in [1.165, 1.54) is 83.5 Å². The molecule has 0 atom stereocenters. The average molecular weight is 703 g/mol. The number of carboxylic acids is 3. The molecule has 0 radical (unpaired) electrons. The largest absolute Gasteiger partial charge is 0.481 e. The van der Waals surface area contributed by atoms with Gasteiger partial charge in [0.1, 0.15) is 0 Å². The number of unbranched alkanes of at least 4 members (excludes halogenated alkanes) is 15. The molecule has 0 aromatic heterocycles. The zero-order chi connectivity index (χ0) is 37.5. The van der Waals surface area contributed by atoms with E-state index in [1.807, 2.05) is 0 Å². The molecular weight excluding hydrogens is 632 g/mol. The molecule has 14 heteroatoms. The highest BCUT2D eigenvalue weighted by molar-refractivity contribution is 5.68. The van der Waals surface area contributed by atoms with E-state index in [0.717, 1.165) is 12.8 Å². The summed E-state index contributed by atoms with van der Waals surface area (Å²) in [5, 5.41) is 92.8. The fourth-order valence-corrected chi connectivity index (χ4v) is 3.80. The molecule has 0 rings (SSSR count). The van der Waals surface area contributed by atoms with Crippen LogP contribution in [0, 0.1) is 10.8 Å². The number of carboxylic acid groups (broad SMARTS) is 3. The van der Waals surface area contributed by atoms with Crippen LogP contribution in [0.4, 0.5) is 0 Å². The predicted octanol–water partition coefficient (Wildman–Crippen LogP) is 2.93. The van der Waals surface area contributed by atoms with Crippen molar-refractivity contribution < 1.29 is 70.6 Å². The minimum absolute atomic E-state index is 0.0628. The second-order valence-electron chi connectivity index (χ2n) is 12.4. The lowest BCUT2D eigenvalue weighted by molar-refractivity contribution is -0.139. The van der Waals surface area contributed by atoms with Crippen LogP contribution in [0.1, 0.15) is 135 Å². The molecule has 0 fully saturated rings. The molecule has 0 aromatic rings. The van der Waals surface area contributed by atoms with Crippen molar-refractivity contribution in [3.05, 3.63) is 0 Å². The second-order valence-corrected chi connectivity index (χ2v) is 12.4. The molecule has 0 aliphatic heterocycles. The lowest BCUT2D eigenvalue weighted by Gasteiger charge is -2.23. The zero-order valence-electron chi connectivity index (χ0n) is 29.4. The molecule has 0 unspecified atom stereocenters. The van der Waals surface area contributed by atoms with Gasteiger partial charge < -0.3 is 56.2 Å². The molecule has 0 bridgehead atoms. The Morgan fingerprint density at radius 1 is 0.333 bits per heavy atom. The topological polar surface area (TPSA) is 274 Å². The van der Waals surface area contributed by atoms with Gasteiger partial charge in [-0.05, 0) is 19.3 Å². The van der Waals surface area contributed by atoms with Gasteiger partial charge in [-0.1, -0.05) is 96.8 Å². The van der Waals surface area contributed by atoms with Gasteiger partial charge in [0.05, 0.1) is 63.7 Å². The van der Waals surface area contributed by atoms with Gasteiger partial charge in [0.25, 0.3) is 0 Å². The van der Waals surface area contributed by atoms with Gasteiger partial charge in [0.15, 0.2) is 0 Å². The van der Waals surface area contributed by atoms with Crippen LogP contribution in [0.3, 0.4) is 0 Å². The van der Waals surface area contributed by atoms with Crippen LogP contribution in [0.5, 0.6) is 0 Å². The Labute approximate surface area is 287 Å². The first kappa shape index (κ1) is 52.9. The molecule has 0 aromatic carbocycles. The molecule has 0 heterocycles. The third-order valence-corrected chi connectivity index (χ3v) is 7.71. The standard InChI is InChI=1S/C18H36O2.C6H10O4.2C5H12O4/c1-2-3-4-5-6-7-8-9-10-11-12-13-14-15-16-17-18(19)20;7-5(8)3-1-2-4-6(9)10;2*6-1-5(2-7,3-8)4-9/h2-17H2,1H3,(H,19,20);1-4H2,(H,7,8)(H,9,10);2*6-9H,1-4H2. The Morgan fingerprint density at radius 2 is 0.500 bits per heavy atom. The summed E-state index contributed by atoms with van der Waals surface area (Å²) in [5.74, 6) is -2.39. The number of aliphatic hydroxyl groups is 8. The fourth-order valence-electron chi connectivity index (χ4n) is 3.80. The van der Waals surface area contributed by atoms with Crippen LogP contribution < -0.4 is 0 Å². The highest BCUT2D eigenvalue weighted by Crippen LogP contribution is 2.14. The maximum atomic E-state index is 10.3. The number of hydrogen-bond donors (Lipinski definition) is 11. The summed E-state index contributed by atoms with van der Waals surface area (Å²) in [4.78, 5) is 30.1. The summed E-state index contributed by atoms with van der Waals surface area (Å²) >= 11 is 0. The molecule has 48 heavy (non-hydrogen) atoms. The normalized spacial score (nSPS) is 10.9. The average Bonchev–Trinajstić information content (AvgIpc) is 3.08. The van der Waals surface area contributed by atoms with Crippen LogP contribution in [0.2, 0.25) is 0 Å². The smallest absolute Gasteiger partial charge is 0.303 e.